The van der Waals surface area contributed by atoms with Crippen LogP contribution in [0.25, 0.3) is 22.4 Å². The molecule has 0 atom stereocenters. The van der Waals surface area contributed by atoms with Crippen molar-refractivity contribution in [3.8, 4) is 22.4 Å². The number of nitrogens with two attached hydrogens (primary N) is 1. The lowest BCUT2D eigenvalue weighted by molar-refractivity contribution is 0.439. The minimum Gasteiger partial charge on any atom is -0.367 e. The molecule has 0 aliphatic heterocycles. The fraction of sp³-hybridized carbons (Fsp3) is 0. The molecular formula is C14H9Cl2N3O. The first-order valence-electron chi connectivity index (χ1n) is 5.78. The van der Waals surface area contributed by atoms with Gasteiger partial charge in [-0.3, -0.25) is 4.98 Å². The van der Waals surface area contributed by atoms with Crippen molar-refractivity contribution in [3.63, 3.8) is 0 Å². The topological polar surface area (TPSA) is 64.9 Å². The molecule has 0 aliphatic carbocycles. The Morgan fingerprint density at radius 1 is 1.05 bits per heavy atom. The Hall–Kier alpha value is -2.04. The van der Waals surface area contributed by atoms with E-state index in [1.807, 2.05) is 12.1 Å². The van der Waals surface area contributed by atoms with E-state index < -0.39 is 0 Å². The lowest BCUT2D eigenvalue weighted by atomic mass is 10.0. The summed E-state index contributed by atoms with van der Waals surface area (Å²) in [7, 11) is 0. The summed E-state index contributed by atoms with van der Waals surface area (Å²) < 4.78 is 5.11. The fourth-order valence-corrected chi connectivity index (χ4v) is 2.46. The van der Waals surface area contributed by atoms with Gasteiger partial charge < -0.3 is 10.3 Å². The van der Waals surface area contributed by atoms with Crippen LogP contribution in [-0.2, 0) is 0 Å². The predicted molar refractivity (Wildman–Crippen MR) is 79.6 cm³/mol. The first kappa shape index (κ1) is 13.0. The highest BCUT2D eigenvalue weighted by Crippen LogP contribution is 2.39. The Morgan fingerprint density at radius 2 is 1.80 bits per heavy atom. The zero-order chi connectivity index (χ0) is 14.1. The molecule has 0 saturated heterocycles. The molecule has 20 heavy (non-hydrogen) atoms. The van der Waals surface area contributed by atoms with E-state index in [4.69, 9.17) is 33.5 Å². The van der Waals surface area contributed by atoms with Crippen molar-refractivity contribution in [3.05, 3.63) is 52.8 Å². The molecule has 2 N–H and O–H groups in total. The quantitative estimate of drug-likeness (QED) is 0.767. The third-order valence-corrected chi connectivity index (χ3v) is 3.42. The summed E-state index contributed by atoms with van der Waals surface area (Å²) in [5.41, 5.74) is 8.71. The Bertz CT molecular complexity index is 756. The van der Waals surface area contributed by atoms with E-state index in [1.54, 1.807) is 30.6 Å². The van der Waals surface area contributed by atoms with E-state index in [-0.39, 0.29) is 5.88 Å². The smallest absolute Gasteiger partial charge is 0.230 e. The Kier molecular flexibility index (Phi) is 3.34. The third kappa shape index (κ3) is 2.24. The highest BCUT2D eigenvalue weighted by Gasteiger charge is 2.19. The van der Waals surface area contributed by atoms with Crippen LogP contribution in [-0.4, -0.2) is 10.1 Å². The number of aromatic nitrogens is 2. The number of hydrogen-bond acceptors (Lipinski definition) is 4. The Labute approximate surface area is 125 Å². The summed E-state index contributed by atoms with van der Waals surface area (Å²) >= 11 is 12.1. The molecule has 2 aromatic heterocycles. The van der Waals surface area contributed by atoms with Crippen LogP contribution in [0.1, 0.15) is 0 Å². The van der Waals surface area contributed by atoms with E-state index in [1.165, 1.54) is 0 Å². The highest BCUT2D eigenvalue weighted by molar-refractivity contribution is 6.36. The van der Waals surface area contributed by atoms with E-state index in [2.05, 4.69) is 10.1 Å². The van der Waals surface area contributed by atoms with Gasteiger partial charge in [0.05, 0.1) is 10.6 Å². The van der Waals surface area contributed by atoms with Gasteiger partial charge in [-0.2, -0.15) is 0 Å². The van der Waals surface area contributed by atoms with Crippen LogP contribution < -0.4 is 5.73 Å². The maximum Gasteiger partial charge on any atom is 0.230 e. The second kappa shape index (κ2) is 5.15. The maximum absolute atomic E-state index is 6.21. The molecule has 100 valence electrons. The second-order valence-electron chi connectivity index (χ2n) is 4.13. The van der Waals surface area contributed by atoms with Crippen molar-refractivity contribution >= 4 is 29.1 Å². The maximum atomic E-state index is 6.21. The van der Waals surface area contributed by atoms with Crippen molar-refractivity contribution in [1.82, 2.24) is 10.1 Å². The average Bonchev–Trinajstić information content (AvgIpc) is 2.81. The summed E-state index contributed by atoms with van der Waals surface area (Å²) in [6.45, 7) is 0. The normalized spacial score (nSPS) is 10.7. The van der Waals surface area contributed by atoms with Crippen molar-refractivity contribution in [2.24, 2.45) is 0 Å². The van der Waals surface area contributed by atoms with Gasteiger partial charge in [-0.05, 0) is 35.9 Å². The van der Waals surface area contributed by atoms with Gasteiger partial charge in [0.1, 0.15) is 5.69 Å². The molecule has 0 aliphatic rings. The molecule has 1 aromatic carbocycles. The van der Waals surface area contributed by atoms with Gasteiger partial charge in [0.2, 0.25) is 5.88 Å². The Balaban J connectivity index is 2.21. The second-order valence-corrected chi connectivity index (χ2v) is 4.97. The van der Waals surface area contributed by atoms with Gasteiger partial charge in [-0.25, -0.2) is 0 Å². The van der Waals surface area contributed by atoms with Gasteiger partial charge in [-0.1, -0.05) is 28.4 Å². The number of rotatable bonds is 2. The van der Waals surface area contributed by atoms with E-state index in [9.17, 15) is 0 Å². The first-order chi connectivity index (χ1) is 9.66. The van der Waals surface area contributed by atoms with Crippen molar-refractivity contribution in [1.29, 1.82) is 0 Å². The van der Waals surface area contributed by atoms with Crippen LogP contribution in [0.4, 0.5) is 5.88 Å². The van der Waals surface area contributed by atoms with Crippen molar-refractivity contribution in [2.75, 3.05) is 5.73 Å². The van der Waals surface area contributed by atoms with Crippen LogP contribution in [0.15, 0.2) is 47.2 Å². The van der Waals surface area contributed by atoms with Crippen LogP contribution in [0, 0.1) is 0 Å². The van der Waals surface area contributed by atoms with Crippen LogP contribution in [0.2, 0.25) is 10.0 Å². The highest BCUT2D eigenvalue weighted by atomic mass is 35.5. The molecule has 0 radical (unpaired) electrons. The lowest BCUT2D eigenvalue weighted by Crippen LogP contribution is -1.88. The molecule has 3 rings (SSSR count). The predicted octanol–water partition coefficient (Wildman–Crippen LogP) is 4.29. The zero-order valence-electron chi connectivity index (χ0n) is 10.2. The van der Waals surface area contributed by atoms with Crippen LogP contribution in [0.5, 0.6) is 0 Å². The molecule has 0 fully saturated rings. The van der Waals surface area contributed by atoms with E-state index in [0.29, 0.717) is 26.9 Å². The Morgan fingerprint density at radius 3 is 2.50 bits per heavy atom. The molecule has 4 nitrogen and oxygen atoms in total. The summed E-state index contributed by atoms with van der Waals surface area (Å²) in [5.74, 6) is 0.234. The molecule has 2 heterocycles. The number of benzene rings is 1. The SMILES string of the molecule is Nc1onc(-c2ccc(Cl)cc2Cl)c1-c1ccncc1. The number of pyridine rings is 1. The van der Waals surface area contributed by atoms with Crippen molar-refractivity contribution in [2.45, 2.75) is 0 Å². The number of nitrogens with zero attached hydrogens (tertiary/aromatic N) is 2. The molecule has 3 aromatic rings. The molecule has 0 unspecified atom stereocenters. The summed E-state index contributed by atoms with van der Waals surface area (Å²) in [5, 5.41) is 5.05. The average molecular weight is 306 g/mol. The van der Waals surface area contributed by atoms with Gasteiger partial charge in [0, 0.05) is 23.0 Å². The molecule has 0 spiro atoms. The van der Waals surface area contributed by atoms with Crippen LogP contribution in [0.3, 0.4) is 0 Å². The van der Waals surface area contributed by atoms with Gasteiger partial charge in [0.15, 0.2) is 0 Å². The first-order valence-corrected chi connectivity index (χ1v) is 6.53. The zero-order valence-corrected chi connectivity index (χ0v) is 11.7. The summed E-state index contributed by atoms with van der Waals surface area (Å²) in [4.78, 5) is 3.98. The minimum absolute atomic E-state index is 0.234. The van der Waals surface area contributed by atoms with E-state index in [0.717, 1.165) is 5.56 Å². The number of halogens is 2. The fourth-order valence-electron chi connectivity index (χ4n) is 1.97. The largest absolute Gasteiger partial charge is 0.367 e. The monoisotopic (exact) mass is 305 g/mol. The van der Waals surface area contributed by atoms with Gasteiger partial charge in [-0.15, -0.1) is 0 Å². The van der Waals surface area contributed by atoms with Crippen molar-refractivity contribution < 1.29 is 4.52 Å². The number of anilines is 1. The van der Waals surface area contributed by atoms with Crippen LogP contribution >= 0.6 is 23.2 Å². The summed E-state index contributed by atoms with van der Waals surface area (Å²) in [6, 6.07) is 8.84. The van der Waals surface area contributed by atoms with Gasteiger partial charge in [0.25, 0.3) is 0 Å². The molecule has 0 saturated carbocycles. The lowest BCUT2D eigenvalue weighted by Gasteiger charge is -2.04. The minimum atomic E-state index is 0.234. The molecule has 0 amide bonds. The molecule has 6 heteroatoms. The van der Waals surface area contributed by atoms with Gasteiger partial charge >= 0.3 is 0 Å². The molecular weight excluding hydrogens is 297 g/mol. The number of hydrogen-bond donors (Lipinski definition) is 1. The summed E-state index contributed by atoms with van der Waals surface area (Å²) in [6.07, 6.45) is 3.35. The standard InChI is InChI=1S/C14H9Cl2N3O/c15-9-1-2-10(11(16)7-9)13-12(14(17)20-19-13)8-3-5-18-6-4-8/h1-7H,17H2. The number of nitrogen functional groups attached to an aromatic ring is 1. The molecule has 0 bridgehead atoms. The third-order valence-electron chi connectivity index (χ3n) is 2.87. The van der Waals surface area contributed by atoms with E-state index >= 15 is 0 Å².